The van der Waals surface area contributed by atoms with E-state index < -0.39 is 11.7 Å². The number of halogens is 3. The van der Waals surface area contributed by atoms with Crippen molar-refractivity contribution < 1.29 is 17.9 Å². The number of unbranched alkanes of at least 4 members (excludes halogenated alkanes) is 2. The van der Waals surface area contributed by atoms with Gasteiger partial charge in [0.2, 0.25) is 0 Å². The summed E-state index contributed by atoms with van der Waals surface area (Å²) in [5.74, 6) is -0.126. The zero-order chi connectivity index (χ0) is 21.6. The first-order chi connectivity index (χ1) is 14.3. The van der Waals surface area contributed by atoms with Gasteiger partial charge in [-0.2, -0.15) is 13.2 Å². The Labute approximate surface area is 179 Å². The van der Waals surface area contributed by atoms with Crippen LogP contribution in [0.2, 0.25) is 0 Å². The molecule has 0 saturated carbocycles. The Balaban J connectivity index is 1.64. The van der Waals surface area contributed by atoms with Gasteiger partial charge in [0.05, 0.1) is 17.9 Å². The highest BCUT2D eigenvalue weighted by Gasteiger charge is 2.34. The van der Waals surface area contributed by atoms with Crippen LogP contribution in [-0.4, -0.2) is 54.6 Å². The van der Waals surface area contributed by atoms with Gasteiger partial charge in [-0.05, 0) is 31.7 Å². The van der Waals surface area contributed by atoms with E-state index in [0.717, 1.165) is 63.7 Å². The maximum atomic E-state index is 13.5. The van der Waals surface area contributed by atoms with E-state index in [0.29, 0.717) is 10.8 Å². The van der Waals surface area contributed by atoms with Crippen LogP contribution in [-0.2, 0) is 12.7 Å². The molecule has 2 aromatic rings. The minimum atomic E-state index is -4.48. The van der Waals surface area contributed by atoms with E-state index in [1.807, 2.05) is 12.3 Å². The van der Waals surface area contributed by atoms with Crippen molar-refractivity contribution in [2.45, 2.75) is 38.9 Å². The second-order valence-corrected chi connectivity index (χ2v) is 8.47. The number of alkyl halides is 3. The lowest BCUT2D eigenvalue weighted by Crippen LogP contribution is -2.43. The summed E-state index contributed by atoms with van der Waals surface area (Å²) < 4.78 is 45.9. The van der Waals surface area contributed by atoms with Gasteiger partial charge >= 0.3 is 6.18 Å². The van der Waals surface area contributed by atoms with Gasteiger partial charge in [-0.3, -0.25) is 4.90 Å². The maximum absolute atomic E-state index is 13.5. The molecule has 1 aromatic carbocycles. The van der Waals surface area contributed by atoms with Gasteiger partial charge < -0.3 is 15.0 Å². The minimum Gasteiger partial charge on any atom is -0.493 e. The third-order valence-corrected chi connectivity index (χ3v) is 5.88. The molecule has 9 heteroatoms. The van der Waals surface area contributed by atoms with E-state index in [1.165, 1.54) is 17.4 Å². The van der Waals surface area contributed by atoms with Crippen molar-refractivity contribution in [3.8, 4) is 5.75 Å². The first-order valence-corrected chi connectivity index (χ1v) is 11.2. The van der Waals surface area contributed by atoms with Crippen molar-refractivity contribution >= 4 is 22.2 Å². The number of ether oxygens (including phenoxy) is 1. The Morgan fingerprint density at radius 3 is 2.63 bits per heavy atom. The van der Waals surface area contributed by atoms with Crippen molar-refractivity contribution in [2.75, 3.05) is 45.2 Å². The summed E-state index contributed by atoms with van der Waals surface area (Å²) in [6, 6.07) is 4.08. The fourth-order valence-electron chi connectivity index (χ4n) is 3.28. The van der Waals surface area contributed by atoms with Crippen molar-refractivity contribution in [3.05, 3.63) is 34.8 Å². The fourth-order valence-corrected chi connectivity index (χ4v) is 4.01. The van der Waals surface area contributed by atoms with E-state index in [1.54, 1.807) is 6.07 Å². The molecule has 0 bridgehead atoms. The molecule has 1 aliphatic rings. The minimum absolute atomic E-state index is 0.126. The van der Waals surface area contributed by atoms with E-state index in [-0.39, 0.29) is 12.4 Å². The highest BCUT2D eigenvalue weighted by molar-refractivity contribution is 7.13. The number of nitrogens with one attached hydrogen (secondary N) is 1. The molecular weight excluding hydrogens is 413 g/mol. The van der Waals surface area contributed by atoms with Gasteiger partial charge in [-0.1, -0.05) is 19.8 Å². The largest absolute Gasteiger partial charge is 0.493 e. The third-order valence-electron chi connectivity index (χ3n) is 5.07. The molecule has 0 unspecified atom stereocenters. The summed E-state index contributed by atoms with van der Waals surface area (Å²) in [4.78, 5) is 9.17. The van der Waals surface area contributed by atoms with Gasteiger partial charge in [0, 0.05) is 43.8 Å². The molecule has 1 saturated heterocycles. The molecule has 5 nitrogen and oxygen atoms in total. The molecule has 30 heavy (non-hydrogen) atoms. The average molecular weight is 443 g/mol. The Bertz CT molecular complexity index is 804. The third kappa shape index (κ3) is 6.58. The number of likely N-dealkylation sites (N-methyl/N-ethyl adjacent to an activating group) is 1. The summed E-state index contributed by atoms with van der Waals surface area (Å²) in [6.07, 6.45) is -1.82. The molecule has 3 rings (SSSR count). The number of nitrogens with zero attached hydrogens (tertiary/aromatic N) is 3. The molecular formula is C21H29F3N4OS. The number of hydrogen-bond donors (Lipinski definition) is 1. The Kier molecular flexibility index (Phi) is 7.96. The number of piperazine rings is 1. The standard InChI is InChI=1S/C21H29F3N4OS/c1-3-4-5-12-29-19-7-6-16(13-18(19)21(22,23)24)25-20-26-17(15-30-20)14-28-10-8-27(2)9-11-28/h6-7,13,15H,3-5,8-12,14H2,1-2H3,(H,25,26). The molecule has 1 fully saturated rings. The van der Waals surface area contributed by atoms with Crippen LogP contribution in [0, 0.1) is 0 Å². The zero-order valence-corrected chi connectivity index (χ0v) is 18.3. The lowest BCUT2D eigenvalue weighted by atomic mass is 10.1. The predicted molar refractivity (Wildman–Crippen MR) is 115 cm³/mol. The van der Waals surface area contributed by atoms with Crippen LogP contribution in [0.25, 0.3) is 0 Å². The highest BCUT2D eigenvalue weighted by atomic mass is 32.1. The molecule has 1 aromatic heterocycles. The van der Waals surface area contributed by atoms with Gasteiger partial charge in [-0.15, -0.1) is 11.3 Å². The van der Waals surface area contributed by atoms with E-state index >= 15 is 0 Å². The van der Waals surface area contributed by atoms with Gasteiger partial charge in [0.25, 0.3) is 0 Å². The summed E-state index contributed by atoms with van der Waals surface area (Å²) in [6.45, 7) is 7.12. The molecule has 0 radical (unpaired) electrons. The summed E-state index contributed by atoms with van der Waals surface area (Å²) >= 11 is 1.40. The van der Waals surface area contributed by atoms with Crippen molar-refractivity contribution in [3.63, 3.8) is 0 Å². The van der Waals surface area contributed by atoms with Crippen molar-refractivity contribution in [1.29, 1.82) is 0 Å². The summed E-state index contributed by atoms with van der Waals surface area (Å²) in [7, 11) is 2.11. The van der Waals surface area contributed by atoms with Gasteiger partial charge in [0.1, 0.15) is 5.75 Å². The number of hydrogen-bond acceptors (Lipinski definition) is 6. The molecule has 1 N–H and O–H groups in total. The van der Waals surface area contributed by atoms with Crippen LogP contribution in [0.1, 0.15) is 37.4 Å². The first kappa shape index (κ1) is 22.8. The lowest BCUT2D eigenvalue weighted by molar-refractivity contribution is -0.138. The number of aromatic nitrogens is 1. The van der Waals surface area contributed by atoms with E-state index in [4.69, 9.17) is 4.74 Å². The Hall–Kier alpha value is -1.84. The predicted octanol–water partition coefficient (Wildman–Crippen LogP) is 5.22. The van der Waals surface area contributed by atoms with Crippen LogP contribution in [0.5, 0.6) is 5.75 Å². The normalized spacial score (nSPS) is 16.0. The molecule has 0 amide bonds. The van der Waals surface area contributed by atoms with E-state index in [2.05, 4.69) is 27.1 Å². The number of thiazole rings is 1. The number of benzene rings is 1. The summed E-state index contributed by atoms with van der Waals surface area (Å²) in [5.41, 5.74) is 0.515. The van der Waals surface area contributed by atoms with Crippen molar-refractivity contribution in [1.82, 2.24) is 14.8 Å². The second-order valence-electron chi connectivity index (χ2n) is 7.61. The highest BCUT2D eigenvalue weighted by Crippen LogP contribution is 2.38. The molecule has 0 atom stereocenters. The zero-order valence-electron chi connectivity index (χ0n) is 17.5. The van der Waals surface area contributed by atoms with E-state index in [9.17, 15) is 13.2 Å². The Morgan fingerprint density at radius 2 is 1.93 bits per heavy atom. The smallest absolute Gasteiger partial charge is 0.420 e. The average Bonchev–Trinajstić information content (AvgIpc) is 3.14. The topological polar surface area (TPSA) is 40.6 Å². The first-order valence-electron chi connectivity index (χ1n) is 10.3. The quantitative estimate of drug-likeness (QED) is 0.539. The van der Waals surface area contributed by atoms with Crippen LogP contribution in [0.3, 0.4) is 0 Å². The number of anilines is 2. The lowest BCUT2D eigenvalue weighted by Gasteiger charge is -2.31. The molecule has 2 heterocycles. The number of rotatable bonds is 9. The van der Waals surface area contributed by atoms with Crippen LogP contribution in [0.4, 0.5) is 24.0 Å². The molecule has 1 aliphatic heterocycles. The maximum Gasteiger partial charge on any atom is 0.420 e. The SMILES string of the molecule is CCCCCOc1ccc(Nc2nc(CN3CCN(C)CC3)cs2)cc1C(F)(F)F. The monoisotopic (exact) mass is 442 g/mol. The van der Waals surface area contributed by atoms with Crippen LogP contribution in [0.15, 0.2) is 23.6 Å². The molecule has 166 valence electrons. The molecule has 0 spiro atoms. The Morgan fingerprint density at radius 1 is 1.17 bits per heavy atom. The van der Waals surface area contributed by atoms with Gasteiger partial charge in [-0.25, -0.2) is 4.98 Å². The fraction of sp³-hybridized carbons (Fsp3) is 0.571. The van der Waals surface area contributed by atoms with Crippen LogP contribution >= 0.6 is 11.3 Å². The second kappa shape index (κ2) is 10.5. The summed E-state index contributed by atoms with van der Waals surface area (Å²) in [5, 5.41) is 5.55. The molecule has 0 aliphatic carbocycles. The van der Waals surface area contributed by atoms with Gasteiger partial charge in [0.15, 0.2) is 5.13 Å². The van der Waals surface area contributed by atoms with Crippen molar-refractivity contribution in [2.24, 2.45) is 0 Å². The van der Waals surface area contributed by atoms with Crippen LogP contribution < -0.4 is 10.1 Å².